The predicted molar refractivity (Wildman–Crippen MR) is 69.5 cm³/mol. The zero-order valence-corrected chi connectivity index (χ0v) is 12.3. The van der Waals surface area contributed by atoms with Crippen molar-refractivity contribution in [1.82, 2.24) is 0 Å². The number of ketones is 1. The Morgan fingerprint density at radius 2 is 1.63 bits per heavy atom. The lowest BCUT2D eigenvalue weighted by Crippen LogP contribution is -2.49. The van der Waals surface area contributed by atoms with Gasteiger partial charge >= 0.3 is 11.9 Å². The number of carboxylic acid groups (broad SMARTS) is 1. The molecule has 0 heterocycles. The predicted octanol–water partition coefficient (Wildman–Crippen LogP) is 0.694. The third-order valence-corrected chi connectivity index (χ3v) is 2.63. The van der Waals surface area contributed by atoms with Gasteiger partial charge in [-0.15, -0.1) is 0 Å². The normalized spacial score (nSPS) is 14.6. The van der Waals surface area contributed by atoms with Crippen LogP contribution >= 0.6 is 0 Å². The Morgan fingerprint density at radius 1 is 1.11 bits per heavy atom. The van der Waals surface area contributed by atoms with E-state index in [1.165, 1.54) is 0 Å². The van der Waals surface area contributed by atoms with Gasteiger partial charge in [-0.25, -0.2) is 0 Å². The number of carbonyl (C=O) groups is 3. The summed E-state index contributed by atoms with van der Waals surface area (Å²) < 4.78 is 5.57. The molecule has 2 atom stereocenters. The van der Waals surface area contributed by atoms with Crippen molar-refractivity contribution < 1.29 is 28.7 Å². The fourth-order valence-corrected chi connectivity index (χ4v) is 1.73. The number of hydrogen-bond donors (Lipinski definition) is 1. The van der Waals surface area contributed by atoms with Crippen LogP contribution in [0.3, 0.4) is 0 Å². The van der Waals surface area contributed by atoms with E-state index in [0.717, 1.165) is 0 Å². The first-order valence-corrected chi connectivity index (χ1v) is 6.37. The van der Waals surface area contributed by atoms with Crippen LogP contribution in [0.5, 0.6) is 0 Å². The molecule has 0 aliphatic heterocycles. The van der Waals surface area contributed by atoms with Crippen LogP contribution in [-0.2, 0) is 19.1 Å². The summed E-state index contributed by atoms with van der Waals surface area (Å²) in [5.74, 6) is -3.45. The van der Waals surface area contributed by atoms with E-state index in [0.29, 0.717) is 4.48 Å². The zero-order valence-electron chi connectivity index (χ0n) is 12.3. The number of rotatable bonds is 8. The monoisotopic (exact) mass is 274 g/mol. The minimum absolute atomic E-state index is 0.105. The minimum atomic E-state index is -1.29. The molecule has 0 aromatic carbocycles. The first-order valence-electron chi connectivity index (χ1n) is 6.37. The lowest BCUT2D eigenvalue weighted by molar-refractivity contribution is -0.873. The summed E-state index contributed by atoms with van der Waals surface area (Å²) in [7, 11) is 5.55. The van der Waals surface area contributed by atoms with Gasteiger partial charge in [0.05, 0.1) is 21.1 Å². The Labute approximate surface area is 113 Å². The van der Waals surface area contributed by atoms with Gasteiger partial charge in [0, 0.05) is 12.8 Å². The maximum atomic E-state index is 11.8. The number of aliphatic carboxylic acids is 1. The molecule has 0 aromatic heterocycles. The summed E-state index contributed by atoms with van der Waals surface area (Å²) in [6.45, 7) is 3.50. The van der Waals surface area contributed by atoms with E-state index >= 15 is 0 Å². The number of carboxylic acids is 1. The largest absolute Gasteiger partial charge is 0.481 e. The second kappa shape index (κ2) is 7.23. The van der Waals surface area contributed by atoms with E-state index in [1.54, 1.807) is 13.8 Å². The number of ether oxygens (including phenoxy) is 1. The molecule has 0 aliphatic rings. The van der Waals surface area contributed by atoms with Crippen molar-refractivity contribution in [3.63, 3.8) is 0 Å². The molecule has 0 amide bonds. The molecular weight excluding hydrogens is 250 g/mol. The standard InChI is InChI=1S/C13H23NO5/c1-6-9(15)12(13(17)18)10(8-14(3,4)5)19-11(16)7-2/h10,12H,6-8H2,1-5H3/p+1. The van der Waals surface area contributed by atoms with Crippen molar-refractivity contribution in [2.75, 3.05) is 27.7 Å². The molecule has 2 unspecified atom stereocenters. The Bertz CT molecular complexity index is 345. The number of hydrogen-bond acceptors (Lipinski definition) is 4. The van der Waals surface area contributed by atoms with Gasteiger partial charge in [0.2, 0.25) is 0 Å². The Hall–Kier alpha value is -1.43. The van der Waals surface area contributed by atoms with Crippen LogP contribution in [0.15, 0.2) is 0 Å². The van der Waals surface area contributed by atoms with Gasteiger partial charge < -0.3 is 14.3 Å². The van der Waals surface area contributed by atoms with Crippen LogP contribution in [0.4, 0.5) is 0 Å². The van der Waals surface area contributed by atoms with Gasteiger partial charge in [-0.3, -0.25) is 14.4 Å². The van der Waals surface area contributed by atoms with Crippen molar-refractivity contribution in [3.8, 4) is 0 Å². The summed E-state index contributed by atoms with van der Waals surface area (Å²) in [4.78, 5) is 34.5. The molecule has 0 spiro atoms. The van der Waals surface area contributed by atoms with Gasteiger partial charge in [0.15, 0.2) is 17.8 Å². The van der Waals surface area contributed by atoms with E-state index in [-0.39, 0.29) is 19.4 Å². The lowest BCUT2D eigenvalue weighted by atomic mass is 9.95. The molecule has 0 rings (SSSR count). The van der Waals surface area contributed by atoms with Crippen LogP contribution in [0.25, 0.3) is 0 Å². The maximum Gasteiger partial charge on any atom is 0.318 e. The average Bonchev–Trinajstić information content (AvgIpc) is 2.25. The third-order valence-electron chi connectivity index (χ3n) is 2.63. The van der Waals surface area contributed by atoms with Gasteiger partial charge in [-0.2, -0.15) is 0 Å². The molecule has 6 heteroatoms. The van der Waals surface area contributed by atoms with Gasteiger partial charge in [0.1, 0.15) is 6.54 Å². The van der Waals surface area contributed by atoms with E-state index in [1.807, 2.05) is 21.1 Å². The van der Waals surface area contributed by atoms with E-state index in [2.05, 4.69) is 0 Å². The number of esters is 1. The molecular formula is C13H24NO5+. The smallest absolute Gasteiger partial charge is 0.318 e. The van der Waals surface area contributed by atoms with Crippen LogP contribution < -0.4 is 0 Å². The highest BCUT2D eigenvalue weighted by Gasteiger charge is 2.39. The fourth-order valence-electron chi connectivity index (χ4n) is 1.73. The highest BCUT2D eigenvalue weighted by molar-refractivity contribution is 5.99. The first kappa shape index (κ1) is 17.6. The summed E-state index contributed by atoms with van der Waals surface area (Å²) in [5, 5.41) is 9.21. The molecule has 110 valence electrons. The SMILES string of the molecule is CCC(=O)OC(C[N+](C)(C)C)C(C(=O)O)C(=O)CC. The summed E-state index contributed by atoms with van der Waals surface area (Å²) in [6, 6.07) is 0. The van der Waals surface area contributed by atoms with Gasteiger partial charge in [-0.1, -0.05) is 13.8 Å². The molecule has 0 fully saturated rings. The molecule has 6 nitrogen and oxygen atoms in total. The summed E-state index contributed by atoms with van der Waals surface area (Å²) in [6.07, 6.45) is -0.674. The quantitative estimate of drug-likeness (QED) is 0.400. The number of carbonyl (C=O) groups excluding carboxylic acids is 2. The molecule has 19 heavy (non-hydrogen) atoms. The zero-order chi connectivity index (χ0) is 15.2. The number of Topliss-reactive ketones (excluding diaryl/α,β-unsaturated/α-hetero) is 1. The molecule has 0 saturated heterocycles. The first-order chi connectivity index (χ1) is 8.62. The van der Waals surface area contributed by atoms with Crippen molar-refractivity contribution in [1.29, 1.82) is 0 Å². The highest BCUT2D eigenvalue weighted by atomic mass is 16.5. The summed E-state index contributed by atoms with van der Waals surface area (Å²) >= 11 is 0. The molecule has 1 N–H and O–H groups in total. The van der Waals surface area contributed by atoms with Crippen LogP contribution in [0.2, 0.25) is 0 Å². The number of quaternary nitrogens is 1. The van der Waals surface area contributed by atoms with Crippen LogP contribution in [0, 0.1) is 5.92 Å². The lowest BCUT2D eigenvalue weighted by Gasteiger charge is -2.31. The van der Waals surface area contributed by atoms with E-state index < -0.39 is 29.7 Å². The second-order valence-electron chi connectivity index (χ2n) is 5.49. The fraction of sp³-hybridized carbons (Fsp3) is 0.769. The van der Waals surface area contributed by atoms with E-state index in [9.17, 15) is 19.5 Å². The van der Waals surface area contributed by atoms with Crippen LogP contribution in [-0.4, -0.2) is 61.1 Å². The van der Waals surface area contributed by atoms with Crippen molar-refractivity contribution >= 4 is 17.7 Å². The third kappa shape index (κ3) is 6.33. The minimum Gasteiger partial charge on any atom is -0.481 e. The molecule has 0 aromatic rings. The van der Waals surface area contributed by atoms with Gasteiger partial charge in [-0.05, 0) is 0 Å². The molecule has 0 aliphatic carbocycles. The molecule has 0 saturated carbocycles. The van der Waals surface area contributed by atoms with E-state index in [4.69, 9.17) is 4.74 Å². The van der Waals surface area contributed by atoms with Crippen molar-refractivity contribution in [3.05, 3.63) is 0 Å². The number of nitrogens with zero attached hydrogens (tertiary/aromatic N) is 1. The topological polar surface area (TPSA) is 80.7 Å². The highest BCUT2D eigenvalue weighted by Crippen LogP contribution is 2.16. The van der Waals surface area contributed by atoms with Crippen molar-refractivity contribution in [2.45, 2.75) is 32.8 Å². The Balaban J connectivity index is 5.21. The molecule has 0 bridgehead atoms. The Morgan fingerprint density at radius 3 is 1.95 bits per heavy atom. The average molecular weight is 274 g/mol. The van der Waals surface area contributed by atoms with Crippen LogP contribution in [0.1, 0.15) is 26.7 Å². The number of likely N-dealkylation sites (N-methyl/N-ethyl adjacent to an activating group) is 1. The Kier molecular flexibility index (Phi) is 6.69. The second-order valence-corrected chi connectivity index (χ2v) is 5.49. The maximum absolute atomic E-state index is 11.8. The molecule has 0 radical (unpaired) electrons. The van der Waals surface area contributed by atoms with Gasteiger partial charge in [0.25, 0.3) is 0 Å². The summed E-state index contributed by atoms with van der Waals surface area (Å²) in [5.41, 5.74) is 0. The van der Waals surface area contributed by atoms with Crippen molar-refractivity contribution in [2.24, 2.45) is 5.92 Å².